The Morgan fingerprint density at radius 3 is 2.55 bits per heavy atom. The third-order valence-electron chi connectivity index (χ3n) is 3.18. The number of nitrogens with one attached hydrogen (secondary N) is 1. The van der Waals surface area contributed by atoms with Crippen molar-refractivity contribution >= 4 is 31.9 Å². The van der Waals surface area contributed by atoms with Crippen LogP contribution in [0.25, 0.3) is 0 Å². The minimum absolute atomic E-state index is 0.0411. The van der Waals surface area contributed by atoms with Gasteiger partial charge in [-0.15, -0.1) is 0 Å². The Morgan fingerprint density at radius 1 is 1.45 bits per heavy atom. The molecule has 0 fully saturated rings. The largest absolute Gasteiger partial charge is 0.352 e. The minimum atomic E-state index is -3.86. The number of halogens is 1. The predicted octanol–water partition coefficient (Wildman–Crippen LogP) is 2.18. The van der Waals surface area contributed by atoms with E-state index < -0.39 is 10.0 Å². The number of benzene rings is 1. The SMILES string of the molecule is CCC(C)CNC(=O)c1cc(Br)cc(S(N)(=O)=O)c1C. The predicted molar refractivity (Wildman–Crippen MR) is 82.0 cm³/mol. The molecule has 20 heavy (non-hydrogen) atoms. The first-order chi connectivity index (χ1) is 9.16. The fraction of sp³-hybridized carbons (Fsp3) is 0.462. The molecule has 0 saturated heterocycles. The third-order valence-corrected chi connectivity index (χ3v) is 4.68. The second-order valence-corrected chi connectivity index (χ2v) is 7.29. The van der Waals surface area contributed by atoms with Crippen molar-refractivity contribution in [1.29, 1.82) is 0 Å². The maximum absolute atomic E-state index is 12.1. The van der Waals surface area contributed by atoms with Gasteiger partial charge in [0.2, 0.25) is 10.0 Å². The van der Waals surface area contributed by atoms with E-state index in [2.05, 4.69) is 21.2 Å². The maximum atomic E-state index is 12.1. The Labute approximate surface area is 128 Å². The summed E-state index contributed by atoms with van der Waals surface area (Å²) >= 11 is 3.20. The minimum Gasteiger partial charge on any atom is -0.352 e. The first-order valence-electron chi connectivity index (χ1n) is 6.28. The smallest absolute Gasteiger partial charge is 0.251 e. The first-order valence-corrected chi connectivity index (χ1v) is 8.61. The zero-order valence-corrected chi connectivity index (χ0v) is 14.1. The molecule has 1 atom stereocenters. The molecule has 7 heteroatoms. The van der Waals surface area contributed by atoms with Crippen LogP contribution in [0.3, 0.4) is 0 Å². The summed E-state index contributed by atoms with van der Waals surface area (Å²) in [4.78, 5) is 12.1. The molecule has 1 rings (SSSR count). The summed E-state index contributed by atoms with van der Waals surface area (Å²) in [6.07, 6.45) is 0.959. The van der Waals surface area contributed by atoms with Crippen LogP contribution in [-0.2, 0) is 10.0 Å². The van der Waals surface area contributed by atoms with Gasteiger partial charge in [0.05, 0.1) is 4.90 Å². The lowest BCUT2D eigenvalue weighted by molar-refractivity contribution is 0.0947. The van der Waals surface area contributed by atoms with Crippen LogP contribution in [0.1, 0.15) is 36.2 Å². The monoisotopic (exact) mass is 362 g/mol. The lowest BCUT2D eigenvalue weighted by Crippen LogP contribution is -2.29. The highest BCUT2D eigenvalue weighted by Gasteiger charge is 2.19. The van der Waals surface area contributed by atoms with Crippen LogP contribution in [0.2, 0.25) is 0 Å². The highest BCUT2D eigenvalue weighted by molar-refractivity contribution is 9.10. The molecule has 1 aromatic rings. The molecule has 0 aliphatic rings. The van der Waals surface area contributed by atoms with E-state index in [9.17, 15) is 13.2 Å². The van der Waals surface area contributed by atoms with Crippen molar-refractivity contribution in [3.63, 3.8) is 0 Å². The topological polar surface area (TPSA) is 89.3 Å². The van der Waals surface area contributed by atoms with Gasteiger partial charge in [-0.2, -0.15) is 0 Å². The second kappa shape index (κ2) is 6.69. The molecule has 1 amide bonds. The number of carbonyl (C=O) groups excluding carboxylic acids is 1. The van der Waals surface area contributed by atoms with Crippen LogP contribution in [0, 0.1) is 12.8 Å². The van der Waals surface area contributed by atoms with Gasteiger partial charge < -0.3 is 5.32 Å². The van der Waals surface area contributed by atoms with Crippen LogP contribution in [-0.4, -0.2) is 20.9 Å². The molecule has 5 nitrogen and oxygen atoms in total. The van der Waals surface area contributed by atoms with E-state index in [4.69, 9.17) is 5.14 Å². The highest BCUT2D eigenvalue weighted by atomic mass is 79.9. The van der Waals surface area contributed by atoms with Crippen LogP contribution in [0.4, 0.5) is 0 Å². The number of hydrogen-bond donors (Lipinski definition) is 2. The molecule has 1 unspecified atom stereocenters. The van der Waals surface area contributed by atoms with Gasteiger partial charge in [0.25, 0.3) is 5.91 Å². The van der Waals surface area contributed by atoms with Crippen molar-refractivity contribution in [2.24, 2.45) is 11.1 Å². The van der Waals surface area contributed by atoms with Gasteiger partial charge in [0.1, 0.15) is 0 Å². The quantitative estimate of drug-likeness (QED) is 0.840. The molecule has 0 spiro atoms. The van der Waals surface area contributed by atoms with Crippen molar-refractivity contribution in [2.45, 2.75) is 32.1 Å². The number of primary sulfonamides is 1. The molecular weight excluding hydrogens is 344 g/mol. The molecule has 0 aliphatic heterocycles. The van der Waals surface area contributed by atoms with E-state index in [-0.39, 0.29) is 10.8 Å². The average Bonchev–Trinajstić information content (AvgIpc) is 2.36. The van der Waals surface area contributed by atoms with E-state index >= 15 is 0 Å². The van der Waals surface area contributed by atoms with Crippen LogP contribution >= 0.6 is 15.9 Å². The standard InChI is InChI=1S/C13H19BrN2O3S/c1-4-8(2)7-16-13(17)11-5-10(14)6-12(9(11)3)20(15,18)19/h5-6,8H,4,7H2,1-3H3,(H,16,17)(H2,15,18,19). The van der Waals surface area contributed by atoms with E-state index in [0.29, 0.717) is 28.1 Å². The van der Waals surface area contributed by atoms with Gasteiger partial charge >= 0.3 is 0 Å². The third kappa shape index (κ3) is 4.29. The Kier molecular flexibility index (Phi) is 5.73. The Bertz CT molecular complexity index is 614. The van der Waals surface area contributed by atoms with Crippen molar-refractivity contribution < 1.29 is 13.2 Å². The molecule has 0 aliphatic carbocycles. The van der Waals surface area contributed by atoms with Gasteiger partial charge in [-0.05, 0) is 30.5 Å². The molecule has 0 heterocycles. The summed E-state index contributed by atoms with van der Waals surface area (Å²) in [6, 6.07) is 2.99. The van der Waals surface area contributed by atoms with Crippen molar-refractivity contribution in [1.82, 2.24) is 5.32 Å². The summed E-state index contributed by atoms with van der Waals surface area (Å²) in [5, 5.41) is 7.96. The second-order valence-electron chi connectivity index (χ2n) is 4.84. The van der Waals surface area contributed by atoms with Crippen LogP contribution < -0.4 is 10.5 Å². The van der Waals surface area contributed by atoms with Gasteiger partial charge in [-0.1, -0.05) is 36.2 Å². The zero-order valence-electron chi connectivity index (χ0n) is 11.7. The van der Waals surface area contributed by atoms with Gasteiger partial charge in [-0.3, -0.25) is 4.79 Å². The van der Waals surface area contributed by atoms with E-state index in [1.165, 1.54) is 6.07 Å². The molecule has 0 bridgehead atoms. The Morgan fingerprint density at radius 2 is 2.05 bits per heavy atom. The molecule has 1 aromatic carbocycles. The normalized spacial score (nSPS) is 13.1. The molecule has 0 aromatic heterocycles. The number of hydrogen-bond acceptors (Lipinski definition) is 3. The number of amides is 1. The van der Waals surface area contributed by atoms with Gasteiger partial charge in [0.15, 0.2) is 0 Å². The van der Waals surface area contributed by atoms with E-state index in [1.807, 2.05) is 13.8 Å². The van der Waals surface area contributed by atoms with Gasteiger partial charge in [-0.25, -0.2) is 13.6 Å². The summed E-state index contributed by atoms with van der Waals surface area (Å²) in [6.45, 7) is 6.19. The van der Waals surface area contributed by atoms with Crippen LogP contribution in [0.15, 0.2) is 21.5 Å². The molecule has 0 saturated carbocycles. The fourth-order valence-corrected chi connectivity index (χ4v) is 3.13. The van der Waals surface area contributed by atoms with Crippen molar-refractivity contribution in [2.75, 3.05) is 6.54 Å². The Hall–Kier alpha value is -0.920. The lowest BCUT2D eigenvalue weighted by atomic mass is 10.1. The number of rotatable bonds is 5. The van der Waals surface area contributed by atoms with Crippen LogP contribution in [0.5, 0.6) is 0 Å². The number of carbonyl (C=O) groups is 1. The first kappa shape index (κ1) is 17.1. The summed E-state index contributed by atoms with van der Waals surface area (Å²) in [5.74, 6) is 0.0677. The zero-order chi connectivity index (χ0) is 15.5. The summed E-state index contributed by atoms with van der Waals surface area (Å²) < 4.78 is 23.5. The molecule has 3 N–H and O–H groups in total. The highest BCUT2D eigenvalue weighted by Crippen LogP contribution is 2.24. The number of sulfonamides is 1. The summed E-state index contributed by atoms with van der Waals surface area (Å²) in [5.41, 5.74) is 0.670. The number of nitrogens with two attached hydrogens (primary N) is 1. The molecular formula is C13H19BrN2O3S. The van der Waals surface area contributed by atoms with Crippen molar-refractivity contribution in [3.8, 4) is 0 Å². The molecule has 0 radical (unpaired) electrons. The van der Waals surface area contributed by atoms with E-state index in [0.717, 1.165) is 6.42 Å². The molecule has 112 valence electrons. The Balaban J connectivity index is 3.13. The van der Waals surface area contributed by atoms with Crippen molar-refractivity contribution in [3.05, 3.63) is 27.7 Å². The lowest BCUT2D eigenvalue weighted by Gasteiger charge is -2.13. The summed E-state index contributed by atoms with van der Waals surface area (Å²) in [7, 11) is -3.86. The maximum Gasteiger partial charge on any atom is 0.251 e. The van der Waals surface area contributed by atoms with Gasteiger partial charge in [0, 0.05) is 16.6 Å². The fourth-order valence-electron chi connectivity index (χ4n) is 1.69. The van der Waals surface area contributed by atoms with E-state index in [1.54, 1.807) is 13.0 Å². The average molecular weight is 363 g/mol.